The third kappa shape index (κ3) is 3.64. The third-order valence-corrected chi connectivity index (χ3v) is 4.64. The predicted octanol–water partition coefficient (Wildman–Crippen LogP) is 3.08. The zero-order valence-corrected chi connectivity index (χ0v) is 14.4. The molecule has 1 aromatic carbocycles. The van der Waals surface area contributed by atoms with Crippen LogP contribution in [0.1, 0.15) is 30.1 Å². The molecule has 3 aromatic rings. The molecule has 1 amide bonds. The Balaban J connectivity index is 1.35. The zero-order valence-electron chi connectivity index (χ0n) is 14.4. The second-order valence-corrected chi connectivity index (χ2v) is 6.50. The molecular formula is C20H20N4O2. The molecule has 1 saturated heterocycles. The van der Waals surface area contributed by atoms with Gasteiger partial charge in [-0.15, -0.1) is 0 Å². The average molecular weight is 348 g/mol. The molecule has 1 aliphatic rings. The number of hydrogen-bond donors (Lipinski definition) is 0. The Morgan fingerprint density at radius 2 is 1.96 bits per heavy atom. The molecule has 0 N–H and O–H groups in total. The summed E-state index contributed by atoms with van der Waals surface area (Å²) in [5.41, 5.74) is 1.95. The molecule has 1 atom stereocenters. The Morgan fingerprint density at radius 1 is 1.12 bits per heavy atom. The maximum Gasteiger partial charge on any atom is 0.276 e. The van der Waals surface area contributed by atoms with Crippen LogP contribution < -0.4 is 0 Å². The predicted molar refractivity (Wildman–Crippen MR) is 96.2 cm³/mol. The summed E-state index contributed by atoms with van der Waals surface area (Å²) in [5, 5.41) is 4.07. The van der Waals surface area contributed by atoms with Gasteiger partial charge >= 0.3 is 0 Å². The van der Waals surface area contributed by atoms with Gasteiger partial charge in [0.2, 0.25) is 5.91 Å². The highest BCUT2D eigenvalue weighted by Gasteiger charge is 2.33. The minimum Gasteiger partial charge on any atom is -0.342 e. The first-order valence-corrected chi connectivity index (χ1v) is 8.86. The molecule has 1 fully saturated rings. The van der Waals surface area contributed by atoms with Crippen molar-refractivity contribution in [2.45, 2.75) is 25.2 Å². The summed E-state index contributed by atoms with van der Waals surface area (Å²) < 4.78 is 5.32. The second-order valence-electron chi connectivity index (χ2n) is 6.50. The van der Waals surface area contributed by atoms with Crippen LogP contribution in [-0.2, 0) is 11.2 Å². The number of hydrogen-bond acceptors (Lipinski definition) is 5. The topological polar surface area (TPSA) is 72.1 Å². The number of nitrogens with zero attached hydrogens (tertiary/aromatic N) is 4. The molecule has 0 saturated carbocycles. The lowest BCUT2D eigenvalue weighted by Crippen LogP contribution is -2.26. The van der Waals surface area contributed by atoms with Crippen LogP contribution in [0.3, 0.4) is 0 Å². The van der Waals surface area contributed by atoms with Gasteiger partial charge in [-0.3, -0.25) is 9.78 Å². The maximum absolute atomic E-state index is 12.3. The normalized spacial score (nSPS) is 17.0. The van der Waals surface area contributed by atoms with E-state index in [1.807, 2.05) is 41.3 Å². The van der Waals surface area contributed by atoms with Gasteiger partial charge in [-0.25, -0.2) is 0 Å². The summed E-state index contributed by atoms with van der Waals surface area (Å²) in [4.78, 5) is 22.9. The quantitative estimate of drug-likeness (QED) is 0.684. The van der Waals surface area contributed by atoms with Crippen LogP contribution in [0.5, 0.6) is 0 Å². The van der Waals surface area contributed by atoms with E-state index in [1.54, 1.807) is 6.20 Å². The molecule has 0 radical (unpaired) electrons. The van der Waals surface area contributed by atoms with Gasteiger partial charge in [-0.2, -0.15) is 4.98 Å². The van der Waals surface area contributed by atoms with E-state index in [1.165, 1.54) is 5.56 Å². The van der Waals surface area contributed by atoms with Crippen LogP contribution in [0.2, 0.25) is 0 Å². The summed E-state index contributed by atoms with van der Waals surface area (Å²) in [6.45, 7) is 1.41. The van der Waals surface area contributed by atoms with Crippen molar-refractivity contribution in [3.05, 3.63) is 66.1 Å². The van der Waals surface area contributed by atoms with Crippen molar-refractivity contribution in [2.75, 3.05) is 13.1 Å². The summed E-state index contributed by atoms with van der Waals surface area (Å²) in [6, 6.07) is 15.9. The van der Waals surface area contributed by atoms with Gasteiger partial charge in [0.15, 0.2) is 5.82 Å². The van der Waals surface area contributed by atoms with E-state index in [9.17, 15) is 4.79 Å². The highest BCUT2D eigenvalue weighted by atomic mass is 16.5. The van der Waals surface area contributed by atoms with Gasteiger partial charge in [0, 0.05) is 31.6 Å². The molecule has 2 aromatic heterocycles. The number of benzene rings is 1. The van der Waals surface area contributed by atoms with E-state index < -0.39 is 0 Å². The Labute approximate surface area is 151 Å². The molecule has 4 rings (SSSR count). The Bertz CT molecular complexity index is 864. The van der Waals surface area contributed by atoms with E-state index >= 15 is 0 Å². The lowest BCUT2D eigenvalue weighted by molar-refractivity contribution is -0.127. The lowest BCUT2D eigenvalue weighted by atomic mass is 10.1. The minimum absolute atomic E-state index is 0.0135. The Morgan fingerprint density at radius 3 is 2.77 bits per heavy atom. The van der Waals surface area contributed by atoms with E-state index in [-0.39, 0.29) is 11.8 Å². The number of carbonyl (C=O) groups excluding carboxylic acids is 1. The molecule has 6 heteroatoms. The second kappa shape index (κ2) is 7.47. The van der Waals surface area contributed by atoms with Crippen molar-refractivity contribution in [1.29, 1.82) is 0 Å². The third-order valence-electron chi connectivity index (χ3n) is 4.64. The van der Waals surface area contributed by atoms with Crippen molar-refractivity contribution < 1.29 is 9.32 Å². The summed E-state index contributed by atoms with van der Waals surface area (Å²) >= 11 is 0. The van der Waals surface area contributed by atoms with Crippen molar-refractivity contribution in [1.82, 2.24) is 20.0 Å². The van der Waals surface area contributed by atoms with Crippen LogP contribution in [0, 0.1) is 0 Å². The van der Waals surface area contributed by atoms with Crippen molar-refractivity contribution in [3.8, 4) is 11.6 Å². The summed E-state index contributed by atoms with van der Waals surface area (Å²) in [6.07, 6.45) is 4.05. The van der Waals surface area contributed by atoms with Gasteiger partial charge in [0.1, 0.15) is 5.69 Å². The van der Waals surface area contributed by atoms with Gasteiger partial charge in [0.25, 0.3) is 5.89 Å². The molecule has 1 aliphatic heterocycles. The first-order valence-electron chi connectivity index (χ1n) is 8.86. The SMILES string of the molecule is O=C1CC(c2noc(-c3ccccn3)n2)CN1CCCc1ccccc1. The lowest BCUT2D eigenvalue weighted by Gasteiger charge is -2.15. The van der Waals surface area contributed by atoms with Crippen molar-refractivity contribution in [2.24, 2.45) is 0 Å². The van der Waals surface area contributed by atoms with E-state index in [0.717, 1.165) is 19.4 Å². The minimum atomic E-state index is -0.0135. The largest absolute Gasteiger partial charge is 0.342 e. The van der Waals surface area contributed by atoms with Gasteiger partial charge < -0.3 is 9.42 Å². The number of rotatable bonds is 6. The fourth-order valence-electron chi connectivity index (χ4n) is 3.27. The van der Waals surface area contributed by atoms with Crippen LogP contribution in [0.4, 0.5) is 0 Å². The molecule has 0 aliphatic carbocycles. The van der Waals surface area contributed by atoms with Gasteiger partial charge in [-0.1, -0.05) is 41.6 Å². The first-order chi connectivity index (χ1) is 12.8. The van der Waals surface area contributed by atoms with Crippen LogP contribution in [0.15, 0.2) is 59.3 Å². The molecule has 6 nitrogen and oxygen atoms in total. The van der Waals surface area contributed by atoms with Gasteiger partial charge in [0.05, 0.1) is 0 Å². The number of likely N-dealkylation sites (tertiary alicyclic amines) is 1. The molecule has 1 unspecified atom stereocenters. The molecule has 26 heavy (non-hydrogen) atoms. The summed E-state index contributed by atoms with van der Waals surface area (Å²) in [5.74, 6) is 1.13. The molecular weight excluding hydrogens is 328 g/mol. The van der Waals surface area contributed by atoms with Crippen molar-refractivity contribution >= 4 is 5.91 Å². The summed E-state index contributed by atoms with van der Waals surface area (Å²) in [7, 11) is 0. The Hall–Kier alpha value is -3.02. The fraction of sp³-hybridized carbons (Fsp3) is 0.300. The zero-order chi connectivity index (χ0) is 17.8. The fourth-order valence-corrected chi connectivity index (χ4v) is 3.27. The van der Waals surface area contributed by atoms with E-state index in [2.05, 4.69) is 27.3 Å². The Kier molecular flexibility index (Phi) is 4.73. The number of aromatic nitrogens is 3. The number of aryl methyl sites for hydroxylation is 1. The number of carbonyl (C=O) groups is 1. The standard InChI is InChI=1S/C20H20N4O2/c25-18-13-16(14-24(18)12-6-9-15-7-2-1-3-8-15)19-22-20(26-23-19)17-10-4-5-11-21-17/h1-5,7-8,10-11,16H,6,9,12-14H2. The van der Waals surface area contributed by atoms with Crippen molar-refractivity contribution in [3.63, 3.8) is 0 Å². The maximum atomic E-state index is 12.3. The highest BCUT2D eigenvalue weighted by molar-refractivity contribution is 5.79. The van der Waals surface area contributed by atoms with Crippen LogP contribution in [0.25, 0.3) is 11.6 Å². The highest BCUT2D eigenvalue weighted by Crippen LogP contribution is 2.27. The molecule has 3 heterocycles. The first kappa shape index (κ1) is 16.4. The molecule has 0 spiro atoms. The molecule has 0 bridgehead atoms. The van der Waals surface area contributed by atoms with Crippen LogP contribution >= 0.6 is 0 Å². The van der Waals surface area contributed by atoms with Gasteiger partial charge in [-0.05, 0) is 30.5 Å². The van der Waals surface area contributed by atoms with Crippen LogP contribution in [-0.4, -0.2) is 39.0 Å². The smallest absolute Gasteiger partial charge is 0.276 e. The molecule has 132 valence electrons. The average Bonchev–Trinajstić information content (AvgIpc) is 3.31. The van der Waals surface area contributed by atoms with E-state index in [0.29, 0.717) is 30.4 Å². The number of pyridine rings is 1. The van der Waals surface area contributed by atoms with E-state index in [4.69, 9.17) is 4.52 Å². The monoisotopic (exact) mass is 348 g/mol. The number of amides is 1.